The number of hydrogen-bond acceptors (Lipinski definition) is 2. The summed E-state index contributed by atoms with van der Waals surface area (Å²) in [5.41, 5.74) is 4.68. The van der Waals surface area contributed by atoms with Crippen LogP contribution in [0.3, 0.4) is 0 Å². The first-order valence-corrected chi connectivity index (χ1v) is 2.34. The number of nitrogens with two attached hydrogens (primary N) is 1. The second-order valence-corrected chi connectivity index (χ2v) is 1.27. The van der Waals surface area contributed by atoms with E-state index in [9.17, 15) is 9.59 Å². The number of carbonyl (C=O) groups is 1. The molecule has 0 saturated carbocycles. The standard InChI is InChI=1S/C5H7N2O2/c6-5(9)7-3-1-2-4-8/h2-3H,1H2,(H3,6,7,9). The summed E-state index contributed by atoms with van der Waals surface area (Å²) in [5, 5.41) is 2.18. The van der Waals surface area contributed by atoms with E-state index in [1.165, 1.54) is 12.6 Å². The quantitative estimate of drug-likeness (QED) is 0.399. The van der Waals surface area contributed by atoms with Crippen molar-refractivity contribution in [3.05, 3.63) is 12.6 Å². The van der Waals surface area contributed by atoms with E-state index in [-0.39, 0.29) is 0 Å². The fourth-order valence-corrected chi connectivity index (χ4v) is 0.267. The molecule has 4 heteroatoms. The Morgan fingerprint density at radius 2 is 2.44 bits per heavy atom. The Bertz CT molecular complexity index is 136. The average Bonchev–Trinajstić information content (AvgIpc) is 1.80. The van der Waals surface area contributed by atoms with E-state index in [0.29, 0.717) is 6.42 Å². The number of amides is 2. The van der Waals surface area contributed by atoms with Crippen molar-refractivity contribution in [3.63, 3.8) is 0 Å². The van der Waals surface area contributed by atoms with Gasteiger partial charge in [-0.2, -0.15) is 0 Å². The molecule has 2 amide bonds. The lowest BCUT2D eigenvalue weighted by atomic mass is 10.4. The van der Waals surface area contributed by atoms with E-state index in [2.05, 4.69) is 11.1 Å². The molecule has 0 atom stereocenters. The van der Waals surface area contributed by atoms with Crippen molar-refractivity contribution < 1.29 is 9.59 Å². The SMILES string of the molecule is NC(=O)N[CH]CC=C=O. The molecule has 0 aromatic rings. The summed E-state index contributed by atoms with van der Waals surface area (Å²) in [4.78, 5) is 19.4. The molecule has 0 heterocycles. The molecule has 0 unspecified atom stereocenters. The van der Waals surface area contributed by atoms with Gasteiger partial charge < -0.3 is 11.1 Å². The summed E-state index contributed by atoms with van der Waals surface area (Å²) >= 11 is 0. The Morgan fingerprint density at radius 1 is 1.78 bits per heavy atom. The number of nitrogens with one attached hydrogen (secondary N) is 1. The second kappa shape index (κ2) is 4.87. The summed E-state index contributed by atoms with van der Waals surface area (Å²) in [7, 11) is 0. The maximum Gasteiger partial charge on any atom is 0.312 e. The minimum Gasteiger partial charge on any atom is -0.352 e. The Balaban J connectivity index is 3.10. The summed E-state index contributed by atoms with van der Waals surface area (Å²) < 4.78 is 0. The van der Waals surface area contributed by atoms with Crippen LogP contribution < -0.4 is 11.1 Å². The lowest BCUT2D eigenvalue weighted by molar-refractivity contribution is 0.251. The van der Waals surface area contributed by atoms with Crippen molar-refractivity contribution in [1.82, 2.24) is 5.32 Å². The molecular formula is C5H7N2O2. The number of hydrogen-bond donors (Lipinski definition) is 2. The summed E-state index contributed by atoms with van der Waals surface area (Å²) in [6.07, 6.45) is 1.59. The molecule has 1 radical (unpaired) electrons. The molecule has 0 aliphatic heterocycles. The van der Waals surface area contributed by atoms with Crippen LogP contribution >= 0.6 is 0 Å². The van der Waals surface area contributed by atoms with Crippen molar-refractivity contribution in [2.45, 2.75) is 6.42 Å². The molecule has 9 heavy (non-hydrogen) atoms. The van der Waals surface area contributed by atoms with Gasteiger partial charge in [-0.25, -0.2) is 9.59 Å². The Hall–Kier alpha value is -1.28. The van der Waals surface area contributed by atoms with E-state index in [4.69, 9.17) is 0 Å². The van der Waals surface area contributed by atoms with Crippen LogP contribution in [0.15, 0.2) is 6.08 Å². The molecule has 3 N–H and O–H groups in total. The van der Waals surface area contributed by atoms with Gasteiger partial charge in [-0.3, -0.25) is 0 Å². The van der Waals surface area contributed by atoms with Crippen LogP contribution in [0, 0.1) is 6.54 Å². The van der Waals surface area contributed by atoms with Crippen LogP contribution in [0.25, 0.3) is 0 Å². The second-order valence-electron chi connectivity index (χ2n) is 1.27. The minimum atomic E-state index is -0.630. The third kappa shape index (κ3) is 6.72. The zero-order valence-corrected chi connectivity index (χ0v) is 4.76. The van der Waals surface area contributed by atoms with Gasteiger partial charge in [-0.1, -0.05) is 0 Å². The van der Waals surface area contributed by atoms with Gasteiger partial charge in [-0.15, -0.1) is 0 Å². The van der Waals surface area contributed by atoms with Gasteiger partial charge >= 0.3 is 6.03 Å². The number of rotatable bonds is 3. The highest BCUT2D eigenvalue weighted by molar-refractivity contribution is 5.72. The fraction of sp³-hybridized carbons (Fsp3) is 0.200. The van der Waals surface area contributed by atoms with Crippen LogP contribution in [-0.2, 0) is 4.79 Å². The third-order valence-electron chi connectivity index (χ3n) is 0.563. The van der Waals surface area contributed by atoms with Crippen LogP contribution in [0.4, 0.5) is 4.79 Å². The average molecular weight is 127 g/mol. The highest BCUT2D eigenvalue weighted by Gasteiger charge is 1.86. The summed E-state index contributed by atoms with van der Waals surface area (Å²) in [6, 6.07) is -0.630. The monoisotopic (exact) mass is 127 g/mol. The zero-order valence-electron chi connectivity index (χ0n) is 4.76. The number of primary amides is 1. The largest absolute Gasteiger partial charge is 0.352 e. The van der Waals surface area contributed by atoms with Crippen molar-refractivity contribution in [1.29, 1.82) is 0 Å². The van der Waals surface area contributed by atoms with Crippen LogP contribution in [0.5, 0.6) is 0 Å². The van der Waals surface area contributed by atoms with Gasteiger partial charge in [0.2, 0.25) is 0 Å². The maximum absolute atomic E-state index is 9.93. The van der Waals surface area contributed by atoms with Gasteiger partial charge in [-0.05, 0) is 6.42 Å². The molecule has 0 aromatic carbocycles. The molecule has 0 spiro atoms. The maximum atomic E-state index is 9.93. The van der Waals surface area contributed by atoms with Crippen LogP contribution in [0.1, 0.15) is 6.42 Å². The smallest absolute Gasteiger partial charge is 0.312 e. The fourth-order valence-electron chi connectivity index (χ4n) is 0.267. The first-order chi connectivity index (χ1) is 4.27. The van der Waals surface area contributed by atoms with E-state index in [0.717, 1.165) is 0 Å². The van der Waals surface area contributed by atoms with Gasteiger partial charge in [0, 0.05) is 6.08 Å². The van der Waals surface area contributed by atoms with Crippen molar-refractivity contribution in [2.24, 2.45) is 5.73 Å². The van der Waals surface area contributed by atoms with Crippen molar-refractivity contribution in [2.75, 3.05) is 0 Å². The van der Waals surface area contributed by atoms with Crippen molar-refractivity contribution >= 4 is 12.0 Å². The molecule has 0 fully saturated rings. The highest BCUT2D eigenvalue weighted by Crippen LogP contribution is 1.78. The Morgan fingerprint density at radius 3 is 2.89 bits per heavy atom. The topological polar surface area (TPSA) is 72.2 Å². The molecule has 0 saturated heterocycles. The molecule has 0 bridgehead atoms. The van der Waals surface area contributed by atoms with Gasteiger partial charge in [0.25, 0.3) is 0 Å². The normalized spacial score (nSPS) is 7.56. The Kier molecular flexibility index (Phi) is 4.18. The molecule has 49 valence electrons. The number of urea groups is 1. The summed E-state index contributed by atoms with van der Waals surface area (Å²) in [6.45, 7) is 1.37. The first kappa shape index (κ1) is 7.72. The van der Waals surface area contributed by atoms with E-state index in [1.807, 2.05) is 0 Å². The molecular weight excluding hydrogens is 120 g/mol. The van der Waals surface area contributed by atoms with Gasteiger partial charge in [0.05, 0.1) is 6.54 Å². The predicted molar refractivity (Wildman–Crippen MR) is 31.9 cm³/mol. The van der Waals surface area contributed by atoms with E-state index < -0.39 is 6.03 Å². The van der Waals surface area contributed by atoms with E-state index >= 15 is 0 Å². The van der Waals surface area contributed by atoms with E-state index in [1.54, 1.807) is 5.94 Å². The zero-order chi connectivity index (χ0) is 7.11. The van der Waals surface area contributed by atoms with Gasteiger partial charge in [0.1, 0.15) is 5.94 Å². The lowest BCUT2D eigenvalue weighted by Crippen LogP contribution is -2.26. The highest BCUT2D eigenvalue weighted by atomic mass is 16.2. The number of carbonyl (C=O) groups excluding carboxylic acids is 2. The molecule has 0 aliphatic carbocycles. The van der Waals surface area contributed by atoms with Crippen LogP contribution in [0.2, 0.25) is 0 Å². The van der Waals surface area contributed by atoms with Gasteiger partial charge in [0.15, 0.2) is 0 Å². The molecule has 0 aliphatic rings. The van der Waals surface area contributed by atoms with Crippen LogP contribution in [-0.4, -0.2) is 12.0 Å². The Labute approximate surface area is 52.7 Å². The predicted octanol–water partition coefficient (Wildman–Crippen LogP) is -0.406. The molecule has 0 aromatic heterocycles. The van der Waals surface area contributed by atoms with Crippen molar-refractivity contribution in [3.8, 4) is 0 Å². The minimum absolute atomic E-state index is 0.354. The molecule has 4 nitrogen and oxygen atoms in total. The lowest BCUT2D eigenvalue weighted by Gasteiger charge is -1.92. The third-order valence-corrected chi connectivity index (χ3v) is 0.563. The summed E-state index contributed by atoms with van der Waals surface area (Å²) in [5.74, 6) is 1.54. The molecule has 0 rings (SSSR count). The first-order valence-electron chi connectivity index (χ1n) is 2.34.